The highest BCUT2D eigenvalue weighted by Gasteiger charge is 2.45. The average Bonchev–Trinajstić information content (AvgIpc) is 3.66. The minimum absolute atomic E-state index is 0.0136. The summed E-state index contributed by atoms with van der Waals surface area (Å²) in [4.78, 5) is 56.4. The van der Waals surface area contributed by atoms with Crippen LogP contribution in [-0.2, 0) is 20.7 Å². The highest BCUT2D eigenvalue weighted by molar-refractivity contribution is 7.14. The molecule has 2 atom stereocenters. The third kappa shape index (κ3) is 5.40. The number of fused-ring (bicyclic) bond motifs is 1. The minimum Gasteiger partial charge on any atom is -0.497 e. The standard InChI is InChI=1S/C25H22N4O9S/c1-34-15-6-3-13(4-7-15)9-16(21(30)28-23-26-19(11-39-23)38-25(33)35-2)29-22(31)20(27-24(29)32)14-5-8-17-18(10-14)37-12-36-17/h3-8,10-11,16,20H,9,12H2,1-2H3,(H,27,32)(H,26,28,30)/t16-,20?/m0/s1. The maximum atomic E-state index is 13.6. The fraction of sp³-hybridized carbons (Fsp3) is 0.240. The van der Waals surface area contributed by atoms with Gasteiger partial charge in [0.1, 0.15) is 17.8 Å². The molecule has 1 saturated heterocycles. The van der Waals surface area contributed by atoms with Gasteiger partial charge in [0.2, 0.25) is 18.6 Å². The molecule has 0 radical (unpaired) electrons. The Morgan fingerprint density at radius 2 is 1.92 bits per heavy atom. The molecular formula is C25H22N4O9S. The molecule has 202 valence electrons. The van der Waals surface area contributed by atoms with Crippen LogP contribution in [0.25, 0.3) is 0 Å². The molecule has 2 N–H and O–H groups in total. The van der Waals surface area contributed by atoms with Crippen molar-refractivity contribution in [1.29, 1.82) is 0 Å². The summed E-state index contributed by atoms with van der Waals surface area (Å²) in [6.07, 6.45) is -0.954. The summed E-state index contributed by atoms with van der Waals surface area (Å²) in [6, 6.07) is 8.81. The lowest BCUT2D eigenvalue weighted by Gasteiger charge is -2.24. The highest BCUT2D eigenvalue weighted by atomic mass is 32.1. The number of urea groups is 1. The highest BCUT2D eigenvalue weighted by Crippen LogP contribution is 2.36. The lowest BCUT2D eigenvalue weighted by molar-refractivity contribution is -0.134. The van der Waals surface area contributed by atoms with Gasteiger partial charge in [0.25, 0.3) is 5.91 Å². The molecule has 3 heterocycles. The first-order valence-electron chi connectivity index (χ1n) is 11.5. The predicted octanol–water partition coefficient (Wildman–Crippen LogP) is 2.87. The molecule has 0 bridgehead atoms. The zero-order valence-electron chi connectivity index (χ0n) is 20.7. The van der Waals surface area contributed by atoms with Crippen molar-refractivity contribution in [1.82, 2.24) is 15.2 Å². The molecule has 0 spiro atoms. The lowest BCUT2D eigenvalue weighted by Crippen LogP contribution is -2.49. The Bertz CT molecular complexity index is 1430. The van der Waals surface area contributed by atoms with E-state index in [-0.39, 0.29) is 24.2 Å². The number of thiazole rings is 1. The van der Waals surface area contributed by atoms with Crippen molar-refractivity contribution < 1.29 is 42.9 Å². The largest absolute Gasteiger partial charge is 0.514 e. The van der Waals surface area contributed by atoms with Gasteiger partial charge in [0.05, 0.1) is 19.6 Å². The third-order valence-electron chi connectivity index (χ3n) is 5.97. The first-order chi connectivity index (χ1) is 18.9. The van der Waals surface area contributed by atoms with Crippen molar-refractivity contribution in [2.24, 2.45) is 0 Å². The van der Waals surface area contributed by atoms with Crippen LogP contribution in [0, 0.1) is 0 Å². The van der Waals surface area contributed by atoms with Gasteiger partial charge in [-0.3, -0.25) is 9.59 Å². The Hall–Kier alpha value is -4.85. The zero-order valence-corrected chi connectivity index (χ0v) is 21.5. The summed E-state index contributed by atoms with van der Waals surface area (Å²) in [6.45, 7) is 0.0587. The number of anilines is 1. The van der Waals surface area contributed by atoms with Crippen LogP contribution in [0.15, 0.2) is 47.8 Å². The molecule has 0 saturated carbocycles. The Labute approximate surface area is 225 Å². The van der Waals surface area contributed by atoms with Gasteiger partial charge in [-0.1, -0.05) is 18.2 Å². The Kier molecular flexibility index (Phi) is 7.19. The summed E-state index contributed by atoms with van der Waals surface area (Å²) < 4.78 is 25.2. The molecular weight excluding hydrogens is 532 g/mol. The number of carbonyl (C=O) groups excluding carboxylic acids is 4. The maximum absolute atomic E-state index is 13.6. The summed E-state index contributed by atoms with van der Waals surface area (Å²) in [5.74, 6) is 0.240. The maximum Gasteiger partial charge on any atom is 0.514 e. The summed E-state index contributed by atoms with van der Waals surface area (Å²) >= 11 is 0.990. The van der Waals surface area contributed by atoms with E-state index in [1.807, 2.05) is 0 Å². The van der Waals surface area contributed by atoms with E-state index in [2.05, 4.69) is 20.4 Å². The van der Waals surface area contributed by atoms with E-state index in [1.165, 1.54) is 12.5 Å². The number of carbonyl (C=O) groups is 4. The van der Waals surface area contributed by atoms with Crippen LogP contribution in [0.1, 0.15) is 17.2 Å². The number of amides is 4. The Morgan fingerprint density at radius 3 is 2.67 bits per heavy atom. The number of nitrogens with zero attached hydrogens (tertiary/aromatic N) is 2. The Morgan fingerprint density at radius 1 is 1.15 bits per heavy atom. The second-order valence-corrected chi connectivity index (χ2v) is 9.17. The number of benzene rings is 2. The first-order valence-corrected chi connectivity index (χ1v) is 12.4. The molecule has 5 rings (SSSR count). The normalized spacial score (nSPS) is 16.5. The molecule has 4 amide bonds. The molecule has 13 nitrogen and oxygen atoms in total. The fourth-order valence-corrected chi connectivity index (χ4v) is 4.69. The number of ether oxygens (including phenoxy) is 5. The smallest absolute Gasteiger partial charge is 0.497 e. The lowest BCUT2D eigenvalue weighted by atomic mass is 10.0. The molecule has 1 unspecified atom stereocenters. The molecule has 2 aliphatic rings. The van der Waals surface area contributed by atoms with E-state index < -0.39 is 36.1 Å². The van der Waals surface area contributed by atoms with Crippen molar-refractivity contribution in [3.8, 4) is 23.1 Å². The van der Waals surface area contributed by atoms with Crippen LogP contribution in [0.4, 0.5) is 14.7 Å². The topological polar surface area (TPSA) is 155 Å². The van der Waals surface area contributed by atoms with Gasteiger partial charge in [-0.15, -0.1) is 11.3 Å². The Balaban J connectivity index is 1.40. The van der Waals surface area contributed by atoms with Crippen LogP contribution >= 0.6 is 11.3 Å². The minimum atomic E-state index is -1.24. The molecule has 2 aromatic carbocycles. The van der Waals surface area contributed by atoms with Crippen molar-refractivity contribution >= 4 is 40.5 Å². The predicted molar refractivity (Wildman–Crippen MR) is 135 cm³/mol. The van der Waals surface area contributed by atoms with Gasteiger partial charge >= 0.3 is 12.2 Å². The fourth-order valence-electron chi connectivity index (χ4n) is 4.07. The van der Waals surface area contributed by atoms with E-state index in [1.54, 1.807) is 42.5 Å². The summed E-state index contributed by atoms with van der Waals surface area (Å²) in [5.41, 5.74) is 1.16. The van der Waals surface area contributed by atoms with Crippen LogP contribution in [0.3, 0.4) is 0 Å². The monoisotopic (exact) mass is 554 g/mol. The number of rotatable bonds is 8. The third-order valence-corrected chi connectivity index (χ3v) is 6.71. The van der Waals surface area contributed by atoms with Crippen LogP contribution in [0.2, 0.25) is 0 Å². The van der Waals surface area contributed by atoms with E-state index in [9.17, 15) is 19.2 Å². The summed E-state index contributed by atoms with van der Waals surface area (Å²) in [5, 5.41) is 6.75. The molecule has 39 heavy (non-hydrogen) atoms. The van der Waals surface area contributed by atoms with Gasteiger partial charge in [0, 0.05) is 6.42 Å². The van der Waals surface area contributed by atoms with Crippen molar-refractivity contribution in [3.63, 3.8) is 0 Å². The summed E-state index contributed by atoms with van der Waals surface area (Å²) in [7, 11) is 2.68. The quantitative estimate of drug-likeness (QED) is 0.314. The van der Waals surface area contributed by atoms with Crippen LogP contribution < -0.4 is 29.6 Å². The van der Waals surface area contributed by atoms with Crippen molar-refractivity contribution in [3.05, 3.63) is 59.0 Å². The number of aromatic nitrogens is 1. The van der Waals surface area contributed by atoms with E-state index in [0.717, 1.165) is 23.3 Å². The molecule has 1 fully saturated rings. The van der Waals surface area contributed by atoms with E-state index in [4.69, 9.17) is 18.9 Å². The first kappa shape index (κ1) is 25.8. The molecule has 0 aliphatic carbocycles. The number of hydrogen-bond donors (Lipinski definition) is 2. The number of methoxy groups -OCH3 is 2. The van der Waals surface area contributed by atoms with Crippen molar-refractivity contribution in [2.45, 2.75) is 18.5 Å². The van der Waals surface area contributed by atoms with E-state index >= 15 is 0 Å². The van der Waals surface area contributed by atoms with Gasteiger partial charge in [0.15, 0.2) is 16.6 Å². The number of nitrogens with one attached hydrogen (secondary N) is 2. The van der Waals surface area contributed by atoms with Gasteiger partial charge < -0.3 is 34.3 Å². The second kappa shape index (κ2) is 10.9. The second-order valence-electron chi connectivity index (χ2n) is 8.31. The number of hydrogen-bond acceptors (Lipinski definition) is 11. The van der Waals surface area contributed by atoms with Gasteiger partial charge in [-0.05, 0) is 35.4 Å². The molecule has 1 aromatic heterocycles. The van der Waals surface area contributed by atoms with Crippen LogP contribution in [-0.4, -0.2) is 60.9 Å². The van der Waals surface area contributed by atoms with Gasteiger partial charge in [-0.2, -0.15) is 4.98 Å². The van der Waals surface area contributed by atoms with Gasteiger partial charge in [-0.25, -0.2) is 14.5 Å². The molecule has 3 aromatic rings. The molecule has 2 aliphatic heterocycles. The van der Waals surface area contributed by atoms with Crippen molar-refractivity contribution in [2.75, 3.05) is 26.3 Å². The number of imide groups is 1. The SMILES string of the molecule is COC(=O)Oc1csc(NC(=O)[C@H](Cc2ccc(OC)cc2)N2C(=O)NC(c3ccc4c(c3)OCO4)C2=O)n1. The average molecular weight is 555 g/mol. The zero-order chi connectivity index (χ0) is 27.5. The van der Waals surface area contributed by atoms with Crippen LogP contribution in [0.5, 0.6) is 23.1 Å². The molecule has 14 heteroatoms. The van der Waals surface area contributed by atoms with E-state index in [0.29, 0.717) is 28.4 Å².